The van der Waals surface area contributed by atoms with Crippen LogP contribution in [0.3, 0.4) is 0 Å². The summed E-state index contributed by atoms with van der Waals surface area (Å²) < 4.78 is 4.76. The van der Waals surface area contributed by atoms with E-state index in [-0.39, 0.29) is 12.6 Å². The molecule has 0 fully saturated rings. The molecule has 0 rings (SSSR count). The SMILES string of the molecule is CC(C)CC(N)C(=O)OCCN. The Morgan fingerprint density at radius 2 is 2.08 bits per heavy atom. The van der Waals surface area contributed by atoms with Crippen LogP contribution in [0.2, 0.25) is 0 Å². The van der Waals surface area contributed by atoms with E-state index in [1.807, 2.05) is 13.8 Å². The van der Waals surface area contributed by atoms with Crippen molar-refractivity contribution in [2.24, 2.45) is 17.4 Å². The summed E-state index contributed by atoms with van der Waals surface area (Å²) >= 11 is 0. The lowest BCUT2D eigenvalue weighted by molar-refractivity contribution is -0.145. The lowest BCUT2D eigenvalue weighted by Gasteiger charge is -2.12. The van der Waals surface area contributed by atoms with E-state index >= 15 is 0 Å². The number of nitrogens with two attached hydrogens (primary N) is 2. The van der Waals surface area contributed by atoms with Crippen LogP contribution in [0.5, 0.6) is 0 Å². The van der Waals surface area contributed by atoms with Crippen LogP contribution in [0.4, 0.5) is 0 Å². The summed E-state index contributed by atoms with van der Waals surface area (Å²) in [6, 6.07) is -0.503. The molecule has 0 aromatic carbocycles. The van der Waals surface area contributed by atoms with E-state index in [0.717, 1.165) is 0 Å². The molecule has 4 nitrogen and oxygen atoms in total. The molecule has 0 saturated heterocycles. The molecule has 0 aliphatic heterocycles. The summed E-state index contributed by atoms with van der Waals surface area (Å²) in [5.41, 5.74) is 10.7. The van der Waals surface area contributed by atoms with Gasteiger partial charge >= 0.3 is 5.97 Å². The summed E-state index contributed by atoms with van der Waals surface area (Å²) in [6.45, 7) is 4.62. The van der Waals surface area contributed by atoms with Crippen molar-refractivity contribution in [2.45, 2.75) is 26.3 Å². The normalized spacial score (nSPS) is 13.1. The molecule has 0 amide bonds. The molecule has 0 aliphatic rings. The average Bonchev–Trinajstić information content (AvgIpc) is 1.98. The average molecular weight is 174 g/mol. The Kier molecular flexibility index (Phi) is 5.66. The number of carbonyl (C=O) groups excluding carboxylic acids is 1. The summed E-state index contributed by atoms with van der Waals surface area (Å²) in [7, 11) is 0. The maximum absolute atomic E-state index is 11.0. The van der Waals surface area contributed by atoms with Crippen molar-refractivity contribution in [3.8, 4) is 0 Å². The molecule has 0 heterocycles. The highest BCUT2D eigenvalue weighted by Gasteiger charge is 2.15. The summed E-state index contributed by atoms with van der Waals surface area (Å²) in [6.07, 6.45) is 0.656. The fourth-order valence-electron chi connectivity index (χ4n) is 0.871. The van der Waals surface area contributed by atoms with Gasteiger partial charge in [-0.25, -0.2) is 0 Å². The van der Waals surface area contributed by atoms with Crippen LogP contribution in [-0.2, 0) is 9.53 Å². The van der Waals surface area contributed by atoms with Gasteiger partial charge in [-0.2, -0.15) is 0 Å². The van der Waals surface area contributed by atoms with E-state index in [1.54, 1.807) is 0 Å². The summed E-state index contributed by atoms with van der Waals surface area (Å²) in [5.74, 6) is 0.0552. The van der Waals surface area contributed by atoms with Gasteiger partial charge in [-0.15, -0.1) is 0 Å². The van der Waals surface area contributed by atoms with Gasteiger partial charge in [0.15, 0.2) is 0 Å². The lowest BCUT2D eigenvalue weighted by atomic mass is 10.1. The van der Waals surface area contributed by atoms with Crippen molar-refractivity contribution in [3.05, 3.63) is 0 Å². The molecule has 0 aliphatic carbocycles. The zero-order chi connectivity index (χ0) is 9.56. The maximum Gasteiger partial charge on any atom is 0.322 e. The van der Waals surface area contributed by atoms with E-state index in [1.165, 1.54) is 0 Å². The second kappa shape index (κ2) is 5.97. The van der Waals surface area contributed by atoms with Gasteiger partial charge in [0.25, 0.3) is 0 Å². The predicted molar refractivity (Wildman–Crippen MR) is 47.4 cm³/mol. The quantitative estimate of drug-likeness (QED) is 0.569. The molecule has 1 atom stereocenters. The van der Waals surface area contributed by atoms with Gasteiger partial charge in [-0.3, -0.25) is 4.79 Å². The van der Waals surface area contributed by atoms with Crippen LogP contribution >= 0.6 is 0 Å². The molecule has 0 aromatic rings. The Labute approximate surface area is 73.2 Å². The smallest absolute Gasteiger partial charge is 0.322 e. The second-order valence-corrected chi connectivity index (χ2v) is 3.19. The minimum atomic E-state index is -0.503. The molecule has 0 radical (unpaired) electrons. The molecule has 0 aromatic heterocycles. The molecular formula is C8H18N2O2. The minimum Gasteiger partial charge on any atom is -0.463 e. The zero-order valence-electron chi connectivity index (χ0n) is 7.75. The first-order valence-electron chi connectivity index (χ1n) is 4.20. The third kappa shape index (κ3) is 5.09. The number of hydrogen-bond donors (Lipinski definition) is 2. The number of hydrogen-bond acceptors (Lipinski definition) is 4. The van der Waals surface area contributed by atoms with E-state index in [2.05, 4.69) is 0 Å². The molecule has 0 bridgehead atoms. The Hall–Kier alpha value is -0.610. The highest BCUT2D eigenvalue weighted by Crippen LogP contribution is 2.03. The van der Waals surface area contributed by atoms with Crippen molar-refractivity contribution >= 4 is 5.97 Å². The van der Waals surface area contributed by atoms with Crippen LogP contribution in [0.15, 0.2) is 0 Å². The first kappa shape index (κ1) is 11.4. The van der Waals surface area contributed by atoms with Gasteiger partial charge < -0.3 is 16.2 Å². The molecule has 12 heavy (non-hydrogen) atoms. The third-order valence-electron chi connectivity index (χ3n) is 1.39. The van der Waals surface area contributed by atoms with Gasteiger partial charge in [-0.1, -0.05) is 13.8 Å². The van der Waals surface area contributed by atoms with E-state index in [4.69, 9.17) is 16.2 Å². The highest BCUT2D eigenvalue weighted by atomic mass is 16.5. The topological polar surface area (TPSA) is 78.3 Å². The standard InChI is InChI=1S/C8H18N2O2/c1-6(2)5-7(10)8(11)12-4-3-9/h6-7H,3-5,9-10H2,1-2H3. The van der Waals surface area contributed by atoms with Crippen molar-refractivity contribution < 1.29 is 9.53 Å². The van der Waals surface area contributed by atoms with Crippen LogP contribution in [0, 0.1) is 5.92 Å². The fourth-order valence-corrected chi connectivity index (χ4v) is 0.871. The number of carbonyl (C=O) groups is 1. The second-order valence-electron chi connectivity index (χ2n) is 3.19. The van der Waals surface area contributed by atoms with E-state index in [9.17, 15) is 4.79 Å². The lowest BCUT2D eigenvalue weighted by Crippen LogP contribution is -2.34. The van der Waals surface area contributed by atoms with Crippen LogP contribution in [0.25, 0.3) is 0 Å². The monoisotopic (exact) mass is 174 g/mol. The Morgan fingerprint density at radius 3 is 2.50 bits per heavy atom. The van der Waals surface area contributed by atoms with Crippen molar-refractivity contribution in [3.63, 3.8) is 0 Å². The van der Waals surface area contributed by atoms with Crippen molar-refractivity contribution in [1.82, 2.24) is 0 Å². The predicted octanol–water partition coefficient (Wildman–Crippen LogP) is -0.138. The molecule has 0 spiro atoms. The van der Waals surface area contributed by atoms with Gasteiger partial charge in [-0.05, 0) is 12.3 Å². The van der Waals surface area contributed by atoms with Crippen LogP contribution < -0.4 is 11.5 Å². The summed E-state index contributed by atoms with van der Waals surface area (Å²) in [5, 5.41) is 0. The van der Waals surface area contributed by atoms with Crippen molar-refractivity contribution in [2.75, 3.05) is 13.2 Å². The van der Waals surface area contributed by atoms with Crippen molar-refractivity contribution in [1.29, 1.82) is 0 Å². The Morgan fingerprint density at radius 1 is 1.50 bits per heavy atom. The first-order chi connectivity index (χ1) is 5.57. The minimum absolute atomic E-state index is 0.255. The number of esters is 1. The summed E-state index contributed by atoms with van der Waals surface area (Å²) in [4.78, 5) is 11.0. The van der Waals surface area contributed by atoms with Gasteiger partial charge in [0.2, 0.25) is 0 Å². The molecule has 0 saturated carbocycles. The fraction of sp³-hybridized carbons (Fsp3) is 0.875. The molecule has 4 N–H and O–H groups in total. The molecular weight excluding hydrogens is 156 g/mol. The van der Waals surface area contributed by atoms with Gasteiger partial charge in [0.05, 0.1) is 0 Å². The zero-order valence-corrected chi connectivity index (χ0v) is 7.75. The third-order valence-corrected chi connectivity index (χ3v) is 1.39. The van der Waals surface area contributed by atoms with E-state index < -0.39 is 6.04 Å². The molecule has 4 heteroatoms. The Balaban J connectivity index is 3.61. The Bertz CT molecular complexity index is 137. The first-order valence-corrected chi connectivity index (χ1v) is 4.20. The highest BCUT2D eigenvalue weighted by molar-refractivity contribution is 5.75. The largest absolute Gasteiger partial charge is 0.463 e. The van der Waals surface area contributed by atoms with E-state index in [0.29, 0.717) is 18.9 Å². The number of ether oxygens (including phenoxy) is 1. The molecule has 1 unspecified atom stereocenters. The molecule has 72 valence electrons. The number of rotatable bonds is 5. The van der Waals surface area contributed by atoms with Gasteiger partial charge in [0, 0.05) is 6.54 Å². The van der Waals surface area contributed by atoms with Crippen LogP contribution in [-0.4, -0.2) is 25.2 Å². The maximum atomic E-state index is 11.0. The van der Waals surface area contributed by atoms with Gasteiger partial charge in [0.1, 0.15) is 12.6 Å². The van der Waals surface area contributed by atoms with Crippen LogP contribution in [0.1, 0.15) is 20.3 Å².